The lowest BCUT2D eigenvalue weighted by molar-refractivity contribution is 0.309. The van der Waals surface area contributed by atoms with E-state index in [0.717, 1.165) is 35.0 Å². The Morgan fingerprint density at radius 3 is 2.86 bits per heavy atom. The third-order valence-electron chi connectivity index (χ3n) is 4.79. The van der Waals surface area contributed by atoms with Crippen molar-refractivity contribution < 1.29 is 13.2 Å². The second-order valence-corrected chi connectivity index (χ2v) is 9.70. The van der Waals surface area contributed by atoms with E-state index in [4.69, 9.17) is 4.74 Å². The average Bonchev–Trinajstić information content (AvgIpc) is 3.26. The molecule has 1 aliphatic heterocycles. The second kappa shape index (κ2) is 7.61. The van der Waals surface area contributed by atoms with E-state index >= 15 is 0 Å². The van der Waals surface area contributed by atoms with Gasteiger partial charge >= 0.3 is 0 Å². The summed E-state index contributed by atoms with van der Waals surface area (Å²) < 4.78 is 32.4. The monoisotopic (exact) mass is 419 g/mol. The predicted molar refractivity (Wildman–Crippen MR) is 109 cm³/mol. The number of piperidine rings is 1. The first kappa shape index (κ1) is 19.0. The molecule has 4 rings (SSSR count). The normalized spacial score (nSPS) is 18.9. The van der Waals surface area contributed by atoms with E-state index in [0.29, 0.717) is 18.1 Å². The fraction of sp³-hybridized carbons (Fsp3) is 0.389. The zero-order chi connectivity index (χ0) is 19.7. The Morgan fingerprint density at radius 2 is 2.07 bits per heavy atom. The Balaban J connectivity index is 1.60. The van der Waals surface area contributed by atoms with Gasteiger partial charge in [-0.15, -0.1) is 10.2 Å². The van der Waals surface area contributed by atoms with Gasteiger partial charge in [0.1, 0.15) is 10.8 Å². The van der Waals surface area contributed by atoms with E-state index in [-0.39, 0.29) is 5.92 Å². The highest BCUT2D eigenvalue weighted by Crippen LogP contribution is 2.29. The van der Waals surface area contributed by atoms with Crippen LogP contribution in [0.3, 0.4) is 0 Å². The van der Waals surface area contributed by atoms with Gasteiger partial charge in [0.05, 0.1) is 13.4 Å². The molecule has 1 unspecified atom stereocenters. The number of nitrogens with zero attached hydrogens (tertiary/aromatic N) is 5. The van der Waals surface area contributed by atoms with Crippen LogP contribution in [0.1, 0.15) is 35.2 Å². The van der Waals surface area contributed by atoms with Crippen molar-refractivity contribution in [2.24, 2.45) is 0 Å². The summed E-state index contributed by atoms with van der Waals surface area (Å²) in [6, 6.07) is 7.76. The quantitative estimate of drug-likeness (QED) is 0.631. The van der Waals surface area contributed by atoms with Crippen molar-refractivity contribution in [1.29, 1.82) is 0 Å². The molecular weight excluding hydrogens is 398 g/mol. The minimum Gasteiger partial charge on any atom is -0.496 e. The highest BCUT2D eigenvalue weighted by Gasteiger charge is 2.30. The molecule has 0 spiro atoms. The molecule has 0 aliphatic carbocycles. The molecule has 1 aliphatic rings. The van der Waals surface area contributed by atoms with Gasteiger partial charge in [-0.2, -0.15) is 9.61 Å². The molecule has 1 aromatic carbocycles. The van der Waals surface area contributed by atoms with Crippen LogP contribution in [0.2, 0.25) is 0 Å². The molecule has 3 heterocycles. The molecule has 0 saturated carbocycles. The SMILES string of the molecule is COc1ccccc1/C=C/c1nn2c(C3CCCN(S(C)(=O)=O)C3)nnc2s1. The van der Waals surface area contributed by atoms with E-state index in [1.165, 1.54) is 21.9 Å². The van der Waals surface area contributed by atoms with Crippen molar-refractivity contribution in [2.75, 3.05) is 26.5 Å². The molecule has 148 valence electrons. The van der Waals surface area contributed by atoms with Crippen molar-refractivity contribution in [3.05, 3.63) is 40.7 Å². The number of hydrogen-bond donors (Lipinski definition) is 0. The molecule has 3 aromatic rings. The molecule has 0 N–H and O–H groups in total. The minimum absolute atomic E-state index is 0.00776. The van der Waals surface area contributed by atoms with Gasteiger partial charge in [0.25, 0.3) is 0 Å². The summed E-state index contributed by atoms with van der Waals surface area (Å²) in [5.41, 5.74) is 0.965. The summed E-state index contributed by atoms with van der Waals surface area (Å²) in [6.07, 6.45) is 6.80. The van der Waals surface area contributed by atoms with Crippen LogP contribution in [0.5, 0.6) is 5.75 Å². The zero-order valence-corrected chi connectivity index (χ0v) is 17.3. The van der Waals surface area contributed by atoms with Gasteiger partial charge < -0.3 is 4.74 Å². The smallest absolute Gasteiger partial charge is 0.234 e. The van der Waals surface area contributed by atoms with Gasteiger partial charge in [0.15, 0.2) is 5.82 Å². The standard InChI is InChI=1S/C18H21N5O3S2/c1-26-15-8-4-3-6-13(15)9-10-16-21-23-17(19-20-18(23)27-16)14-7-5-11-22(12-14)28(2,24)25/h3-4,6,8-10,14H,5,7,11-12H2,1-2H3/b10-9+. The van der Waals surface area contributed by atoms with Crippen LogP contribution < -0.4 is 4.74 Å². The fourth-order valence-electron chi connectivity index (χ4n) is 3.39. The number of para-hydroxylation sites is 1. The molecule has 1 fully saturated rings. The van der Waals surface area contributed by atoms with Crippen LogP contribution in [0, 0.1) is 0 Å². The molecule has 0 radical (unpaired) electrons. The van der Waals surface area contributed by atoms with E-state index in [2.05, 4.69) is 15.3 Å². The molecule has 1 atom stereocenters. The van der Waals surface area contributed by atoms with Crippen LogP contribution in [0.4, 0.5) is 0 Å². The van der Waals surface area contributed by atoms with Crippen molar-refractivity contribution in [2.45, 2.75) is 18.8 Å². The maximum absolute atomic E-state index is 11.9. The van der Waals surface area contributed by atoms with Crippen LogP contribution >= 0.6 is 11.3 Å². The summed E-state index contributed by atoms with van der Waals surface area (Å²) in [7, 11) is -1.56. The Morgan fingerprint density at radius 1 is 1.25 bits per heavy atom. The highest BCUT2D eigenvalue weighted by molar-refractivity contribution is 7.88. The first-order valence-corrected chi connectivity index (χ1v) is 11.6. The highest BCUT2D eigenvalue weighted by atomic mass is 32.2. The van der Waals surface area contributed by atoms with Crippen molar-refractivity contribution >= 4 is 38.5 Å². The zero-order valence-electron chi connectivity index (χ0n) is 15.6. The van der Waals surface area contributed by atoms with E-state index < -0.39 is 10.0 Å². The van der Waals surface area contributed by atoms with Crippen LogP contribution in [0.25, 0.3) is 17.1 Å². The maximum atomic E-state index is 11.9. The average molecular weight is 420 g/mol. The lowest BCUT2D eigenvalue weighted by atomic mass is 9.99. The Bertz CT molecular complexity index is 1120. The Kier molecular flexibility index (Phi) is 5.17. The Hall–Kier alpha value is -2.30. The number of sulfonamides is 1. The molecule has 8 nitrogen and oxygen atoms in total. The van der Waals surface area contributed by atoms with Gasteiger partial charge in [0.2, 0.25) is 15.0 Å². The number of benzene rings is 1. The third-order valence-corrected chi connectivity index (χ3v) is 6.93. The number of fused-ring (bicyclic) bond motifs is 1. The predicted octanol–water partition coefficient (Wildman–Crippen LogP) is 2.50. The topological polar surface area (TPSA) is 89.7 Å². The maximum Gasteiger partial charge on any atom is 0.234 e. The van der Waals surface area contributed by atoms with Crippen molar-refractivity contribution in [3.63, 3.8) is 0 Å². The summed E-state index contributed by atoms with van der Waals surface area (Å²) in [5, 5.41) is 13.9. The molecule has 1 saturated heterocycles. The van der Waals surface area contributed by atoms with Crippen molar-refractivity contribution in [1.82, 2.24) is 24.1 Å². The number of methoxy groups -OCH3 is 1. The van der Waals surface area contributed by atoms with Gasteiger partial charge in [-0.3, -0.25) is 0 Å². The van der Waals surface area contributed by atoms with Crippen molar-refractivity contribution in [3.8, 4) is 5.75 Å². The van der Waals surface area contributed by atoms with Crippen LogP contribution in [-0.2, 0) is 10.0 Å². The summed E-state index contributed by atoms with van der Waals surface area (Å²) in [6.45, 7) is 0.977. The minimum atomic E-state index is -3.21. The summed E-state index contributed by atoms with van der Waals surface area (Å²) >= 11 is 1.44. The Labute approximate surface area is 167 Å². The van der Waals surface area contributed by atoms with Gasteiger partial charge in [-0.25, -0.2) is 12.7 Å². The third kappa shape index (κ3) is 3.80. The van der Waals surface area contributed by atoms with Gasteiger partial charge in [-0.1, -0.05) is 29.5 Å². The summed E-state index contributed by atoms with van der Waals surface area (Å²) in [4.78, 5) is 0.700. The first-order valence-electron chi connectivity index (χ1n) is 8.94. The van der Waals surface area contributed by atoms with E-state index in [9.17, 15) is 8.42 Å². The largest absolute Gasteiger partial charge is 0.496 e. The number of aromatic nitrogens is 4. The molecule has 0 amide bonds. The lowest BCUT2D eigenvalue weighted by Gasteiger charge is -2.29. The molecule has 0 bridgehead atoms. The number of rotatable bonds is 5. The van der Waals surface area contributed by atoms with Crippen LogP contribution in [-0.4, -0.2) is 59.0 Å². The number of hydrogen-bond acceptors (Lipinski definition) is 7. The molecule has 28 heavy (non-hydrogen) atoms. The fourth-order valence-corrected chi connectivity index (χ4v) is 5.05. The number of ether oxygens (including phenoxy) is 1. The van der Waals surface area contributed by atoms with Gasteiger partial charge in [0, 0.05) is 24.6 Å². The van der Waals surface area contributed by atoms with E-state index in [1.54, 1.807) is 11.6 Å². The first-order chi connectivity index (χ1) is 13.5. The second-order valence-electron chi connectivity index (χ2n) is 6.73. The van der Waals surface area contributed by atoms with Crippen LogP contribution in [0.15, 0.2) is 24.3 Å². The lowest BCUT2D eigenvalue weighted by Crippen LogP contribution is -2.38. The molecule has 10 heteroatoms. The van der Waals surface area contributed by atoms with E-state index in [1.807, 2.05) is 36.4 Å². The summed E-state index contributed by atoms with van der Waals surface area (Å²) in [5.74, 6) is 1.51. The molecule has 2 aromatic heterocycles. The van der Waals surface area contributed by atoms with Gasteiger partial charge in [-0.05, 0) is 31.1 Å². The molecular formula is C18H21N5O3S2.